The molecule has 26 heavy (non-hydrogen) atoms. The Morgan fingerprint density at radius 1 is 1.31 bits per heavy atom. The number of likely N-dealkylation sites (tertiary alicyclic amines) is 1. The van der Waals surface area contributed by atoms with E-state index < -0.39 is 5.97 Å². The highest BCUT2D eigenvalue weighted by Gasteiger charge is 2.19. The second kappa shape index (κ2) is 10.5. The molecule has 1 N–H and O–H groups in total. The lowest BCUT2D eigenvalue weighted by Crippen LogP contribution is -2.36. The molecule has 0 unspecified atom stereocenters. The van der Waals surface area contributed by atoms with Crippen molar-refractivity contribution in [1.82, 2.24) is 10.2 Å². The number of benzene rings is 1. The molecule has 0 bridgehead atoms. The molecule has 0 radical (unpaired) electrons. The van der Waals surface area contributed by atoms with E-state index in [2.05, 4.69) is 17.1 Å². The van der Waals surface area contributed by atoms with Crippen molar-refractivity contribution in [3.8, 4) is 0 Å². The zero-order valence-electron chi connectivity index (χ0n) is 15.3. The van der Waals surface area contributed by atoms with Crippen LogP contribution >= 0.6 is 24.0 Å². The number of esters is 1. The largest absolute Gasteiger partial charge is 0.455 e. The van der Waals surface area contributed by atoms with Gasteiger partial charge in [-0.2, -0.15) is 0 Å². The lowest BCUT2D eigenvalue weighted by Gasteiger charge is -2.31. The summed E-state index contributed by atoms with van der Waals surface area (Å²) in [4.78, 5) is 25.9. The fraction of sp³-hybridized carbons (Fsp3) is 0.526. The van der Waals surface area contributed by atoms with Gasteiger partial charge in [-0.25, -0.2) is 0 Å². The summed E-state index contributed by atoms with van der Waals surface area (Å²) in [6, 6.07) is 9.51. The van der Waals surface area contributed by atoms with Crippen LogP contribution in [0.1, 0.15) is 38.3 Å². The first-order valence-electron chi connectivity index (χ1n) is 8.87. The number of carbonyl (C=O) groups excluding carboxylic acids is 2. The Hall–Kier alpha value is -1.60. The summed E-state index contributed by atoms with van der Waals surface area (Å²) in [5.41, 5.74) is 1.00. The van der Waals surface area contributed by atoms with E-state index in [1.807, 2.05) is 37.3 Å². The van der Waals surface area contributed by atoms with E-state index >= 15 is 0 Å². The zero-order chi connectivity index (χ0) is 18.9. The van der Waals surface area contributed by atoms with Gasteiger partial charge in [0.05, 0.1) is 11.8 Å². The number of hydrogen-bond donors (Lipinski definition) is 1. The van der Waals surface area contributed by atoms with Gasteiger partial charge in [0.1, 0.15) is 4.32 Å². The van der Waals surface area contributed by atoms with Crippen molar-refractivity contribution in [2.24, 2.45) is 5.92 Å². The van der Waals surface area contributed by atoms with Crippen LogP contribution in [0.2, 0.25) is 0 Å². The predicted octanol–water partition coefficient (Wildman–Crippen LogP) is 3.16. The van der Waals surface area contributed by atoms with Crippen molar-refractivity contribution in [3.63, 3.8) is 0 Å². The number of rotatable bonds is 6. The van der Waals surface area contributed by atoms with Gasteiger partial charge in [0, 0.05) is 13.1 Å². The molecule has 1 heterocycles. The van der Waals surface area contributed by atoms with Gasteiger partial charge in [-0.3, -0.25) is 9.59 Å². The maximum atomic E-state index is 11.9. The number of thiocarbonyl (C=S) groups is 1. The molecule has 1 fully saturated rings. The summed E-state index contributed by atoms with van der Waals surface area (Å²) in [6.45, 7) is 5.76. The number of ether oxygens (including phenoxy) is 1. The molecule has 0 aromatic heterocycles. The minimum absolute atomic E-state index is 0.131. The molecule has 142 valence electrons. The maximum Gasteiger partial charge on any atom is 0.316 e. The highest BCUT2D eigenvalue weighted by atomic mass is 32.2. The van der Waals surface area contributed by atoms with Crippen LogP contribution in [-0.4, -0.2) is 46.5 Å². The second-order valence-corrected chi connectivity index (χ2v) is 8.19. The zero-order valence-corrected chi connectivity index (χ0v) is 16.9. The molecule has 1 aliphatic rings. The van der Waals surface area contributed by atoms with E-state index in [4.69, 9.17) is 17.0 Å². The molecule has 7 heteroatoms. The summed E-state index contributed by atoms with van der Waals surface area (Å²) < 4.78 is 5.78. The van der Waals surface area contributed by atoms with E-state index in [1.54, 1.807) is 0 Å². The van der Waals surface area contributed by atoms with Crippen molar-refractivity contribution in [2.75, 3.05) is 25.4 Å². The molecule has 5 nitrogen and oxygen atoms in total. The molecular formula is C19H26N2O3S2. The fourth-order valence-corrected chi connectivity index (χ4v) is 3.75. The van der Waals surface area contributed by atoms with Crippen LogP contribution in [0, 0.1) is 5.92 Å². The minimum Gasteiger partial charge on any atom is -0.455 e. The lowest BCUT2D eigenvalue weighted by atomic mass is 10.00. The van der Waals surface area contributed by atoms with Crippen LogP contribution in [0.3, 0.4) is 0 Å². The van der Waals surface area contributed by atoms with E-state index in [0.717, 1.165) is 41.7 Å². The first kappa shape index (κ1) is 20.7. The number of nitrogens with zero attached hydrogens (tertiary/aromatic N) is 1. The average Bonchev–Trinajstić information content (AvgIpc) is 2.65. The van der Waals surface area contributed by atoms with Crippen molar-refractivity contribution >= 4 is 40.2 Å². The standard InChI is InChI=1S/C19H26N2O3S2/c1-14-8-10-21(11-9-14)19(25)26-13-18(23)24-12-17(22)20-15(2)16-6-4-3-5-7-16/h3-7,14-15H,8-13H2,1-2H3,(H,20,22)/t15-/m1/s1. The van der Waals surface area contributed by atoms with Gasteiger partial charge in [-0.15, -0.1) is 0 Å². The van der Waals surface area contributed by atoms with E-state index in [1.165, 1.54) is 11.8 Å². The average molecular weight is 395 g/mol. The number of nitrogens with one attached hydrogen (secondary N) is 1. The van der Waals surface area contributed by atoms with Gasteiger partial charge in [-0.1, -0.05) is 61.2 Å². The Labute approximate surface area is 164 Å². The highest BCUT2D eigenvalue weighted by molar-refractivity contribution is 8.23. The maximum absolute atomic E-state index is 11.9. The quantitative estimate of drug-likeness (QED) is 0.591. The normalized spacial score (nSPS) is 16.0. The Morgan fingerprint density at radius 3 is 2.62 bits per heavy atom. The first-order valence-corrected chi connectivity index (χ1v) is 10.3. The first-order chi connectivity index (χ1) is 12.5. The molecular weight excluding hydrogens is 368 g/mol. The minimum atomic E-state index is -0.426. The van der Waals surface area contributed by atoms with Crippen LogP contribution in [-0.2, 0) is 14.3 Å². The lowest BCUT2D eigenvalue weighted by molar-refractivity contribution is -0.146. The Morgan fingerprint density at radius 2 is 1.96 bits per heavy atom. The third kappa shape index (κ3) is 6.96. The fourth-order valence-electron chi connectivity index (χ4n) is 2.70. The Balaban J connectivity index is 1.63. The SMILES string of the molecule is CC1CCN(C(=S)SCC(=O)OCC(=O)N[C@H](C)c2ccccc2)CC1. The molecule has 1 amide bonds. The molecule has 1 aromatic carbocycles. The molecule has 0 aliphatic carbocycles. The smallest absolute Gasteiger partial charge is 0.316 e. The summed E-state index contributed by atoms with van der Waals surface area (Å²) in [5.74, 6) is 0.130. The topological polar surface area (TPSA) is 58.6 Å². The molecule has 1 aliphatic heterocycles. The van der Waals surface area contributed by atoms with Crippen LogP contribution < -0.4 is 5.32 Å². The highest BCUT2D eigenvalue weighted by Crippen LogP contribution is 2.20. The van der Waals surface area contributed by atoms with Crippen molar-refractivity contribution in [2.45, 2.75) is 32.7 Å². The van der Waals surface area contributed by atoms with Gasteiger partial charge in [0.15, 0.2) is 6.61 Å². The molecule has 1 atom stereocenters. The van der Waals surface area contributed by atoms with Crippen molar-refractivity contribution in [1.29, 1.82) is 0 Å². The summed E-state index contributed by atoms with van der Waals surface area (Å²) in [7, 11) is 0. The van der Waals surface area contributed by atoms with Crippen LogP contribution in [0.5, 0.6) is 0 Å². The van der Waals surface area contributed by atoms with Crippen LogP contribution in [0.4, 0.5) is 0 Å². The Bertz CT molecular complexity index is 616. The molecule has 0 spiro atoms. The van der Waals surface area contributed by atoms with Gasteiger partial charge in [0.25, 0.3) is 5.91 Å². The summed E-state index contributed by atoms with van der Waals surface area (Å²) >= 11 is 6.69. The second-order valence-electron chi connectivity index (χ2n) is 6.58. The van der Waals surface area contributed by atoms with Crippen LogP contribution in [0.25, 0.3) is 0 Å². The van der Waals surface area contributed by atoms with Crippen LogP contribution in [0.15, 0.2) is 30.3 Å². The number of carbonyl (C=O) groups is 2. The summed E-state index contributed by atoms with van der Waals surface area (Å²) in [6.07, 6.45) is 2.26. The van der Waals surface area contributed by atoms with E-state index in [-0.39, 0.29) is 24.3 Å². The van der Waals surface area contributed by atoms with Gasteiger partial charge in [0.2, 0.25) is 0 Å². The summed E-state index contributed by atoms with van der Waals surface area (Å²) in [5, 5.41) is 2.82. The van der Waals surface area contributed by atoms with E-state index in [0.29, 0.717) is 0 Å². The van der Waals surface area contributed by atoms with Gasteiger partial charge >= 0.3 is 5.97 Å². The number of piperidine rings is 1. The number of thioether (sulfide) groups is 1. The number of hydrogen-bond acceptors (Lipinski definition) is 5. The third-order valence-electron chi connectivity index (χ3n) is 4.40. The molecule has 1 aromatic rings. The van der Waals surface area contributed by atoms with Gasteiger partial charge < -0.3 is 15.0 Å². The van der Waals surface area contributed by atoms with Crippen molar-refractivity contribution < 1.29 is 14.3 Å². The number of amides is 1. The third-order valence-corrected chi connectivity index (χ3v) is 5.89. The van der Waals surface area contributed by atoms with Crippen molar-refractivity contribution in [3.05, 3.63) is 35.9 Å². The molecule has 0 saturated carbocycles. The monoisotopic (exact) mass is 394 g/mol. The van der Waals surface area contributed by atoms with E-state index in [9.17, 15) is 9.59 Å². The molecule has 1 saturated heterocycles. The van der Waals surface area contributed by atoms with Gasteiger partial charge in [-0.05, 0) is 31.2 Å². The molecule has 2 rings (SSSR count). The predicted molar refractivity (Wildman–Crippen MR) is 109 cm³/mol. The Kier molecular flexibility index (Phi) is 8.38.